The van der Waals surface area contributed by atoms with Crippen molar-refractivity contribution < 1.29 is 22.4 Å². The highest BCUT2D eigenvalue weighted by molar-refractivity contribution is 7.90. The maximum absolute atomic E-state index is 14.7. The first kappa shape index (κ1) is 29.3. The van der Waals surface area contributed by atoms with Gasteiger partial charge in [0.25, 0.3) is 0 Å². The van der Waals surface area contributed by atoms with Gasteiger partial charge < -0.3 is 10.2 Å². The molecule has 0 heterocycles. The van der Waals surface area contributed by atoms with Crippen molar-refractivity contribution in [3.05, 3.63) is 65.5 Å². The Morgan fingerprint density at radius 3 is 2.22 bits per heavy atom. The van der Waals surface area contributed by atoms with E-state index in [9.17, 15) is 22.4 Å². The Hall–Kier alpha value is -2.98. The van der Waals surface area contributed by atoms with E-state index in [4.69, 9.17) is 0 Å². The predicted molar refractivity (Wildman–Crippen MR) is 140 cm³/mol. The number of anilines is 1. The molecule has 1 atom stereocenters. The summed E-state index contributed by atoms with van der Waals surface area (Å²) in [6, 6.07) is 12.0. The average molecular weight is 521 g/mol. The first-order chi connectivity index (χ1) is 16.7. The molecule has 2 rings (SSSR count). The van der Waals surface area contributed by atoms with E-state index in [0.29, 0.717) is 6.42 Å². The van der Waals surface area contributed by atoms with E-state index in [-0.39, 0.29) is 18.1 Å². The molecule has 0 aliphatic rings. The normalized spacial score (nSPS) is 12.8. The van der Waals surface area contributed by atoms with Crippen LogP contribution in [0.2, 0.25) is 0 Å². The van der Waals surface area contributed by atoms with Gasteiger partial charge in [-0.25, -0.2) is 8.70 Å². The number of nitrogens with one attached hydrogen (secondary N) is 1. The molecule has 10 heteroatoms. The van der Waals surface area contributed by atoms with Crippen LogP contribution >= 0.6 is 0 Å². The Morgan fingerprint density at radius 1 is 1.06 bits per heavy atom. The van der Waals surface area contributed by atoms with E-state index >= 15 is 0 Å². The molecular weight excluding hydrogens is 483 g/mol. The van der Waals surface area contributed by atoms with Crippen molar-refractivity contribution in [2.75, 3.05) is 24.9 Å². The lowest BCUT2D eigenvalue weighted by Crippen LogP contribution is -2.55. The highest BCUT2D eigenvalue weighted by atomic mass is 32.2. The summed E-state index contributed by atoms with van der Waals surface area (Å²) in [5.74, 6) is -1.75. The van der Waals surface area contributed by atoms with Crippen LogP contribution in [0.25, 0.3) is 0 Å². The van der Waals surface area contributed by atoms with Gasteiger partial charge in [-0.1, -0.05) is 48.9 Å². The van der Waals surface area contributed by atoms with Gasteiger partial charge in [-0.15, -0.1) is 0 Å². The summed E-state index contributed by atoms with van der Waals surface area (Å²) in [7, 11) is -1.61. The monoisotopic (exact) mass is 520 g/mol. The molecule has 8 nitrogen and oxygen atoms in total. The lowest BCUT2D eigenvalue weighted by atomic mass is 10.0. The number of nitrogens with zero attached hydrogens (tertiary/aromatic N) is 3. The molecule has 0 saturated carbocycles. The van der Waals surface area contributed by atoms with Crippen LogP contribution in [0.15, 0.2) is 48.5 Å². The summed E-state index contributed by atoms with van der Waals surface area (Å²) in [5.41, 5.74) is 0.992. The van der Waals surface area contributed by atoms with Crippen LogP contribution in [0.4, 0.5) is 10.1 Å². The molecule has 2 aromatic rings. The fraction of sp³-hybridized carbons (Fsp3) is 0.462. The summed E-state index contributed by atoms with van der Waals surface area (Å²) >= 11 is 0. The molecule has 0 aliphatic heterocycles. The molecular formula is C26H37FN4O4S. The first-order valence-electron chi connectivity index (χ1n) is 11.8. The third-order valence-electron chi connectivity index (χ3n) is 5.46. The minimum Gasteiger partial charge on any atom is -0.350 e. The summed E-state index contributed by atoms with van der Waals surface area (Å²) in [5, 5.41) is 2.91. The number of carbonyl (C=O) groups excluding carboxylic acids is 2. The van der Waals surface area contributed by atoms with Crippen LogP contribution in [-0.2, 0) is 26.3 Å². The van der Waals surface area contributed by atoms with Crippen LogP contribution in [0.3, 0.4) is 0 Å². The second-order valence-corrected chi connectivity index (χ2v) is 12.0. The van der Waals surface area contributed by atoms with Gasteiger partial charge in [-0.05, 0) is 51.8 Å². The molecule has 36 heavy (non-hydrogen) atoms. The molecule has 0 unspecified atom stereocenters. The highest BCUT2D eigenvalue weighted by Crippen LogP contribution is 2.24. The van der Waals surface area contributed by atoms with Gasteiger partial charge in [0.1, 0.15) is 18.4 Å². The van der Waals surface area contributed by atoms with Gasteiger partial charge in [0.2, 0.25) is 11.8 Å². The molecule has 1 N–H and O–H groups in total. The van der Waals surface area contributed by atoms with E-state index in [1.165, 1.54) is 37.2 Å². The quantitative estimate of drug-likeness (QED) is 0.520. The fourth-order valence-electron chi connectivity index (χ4n) is 3.74. The van der Waals surface area contributed by atoms with E-state index < -0.39 is 40.1 Å². The zero-order chi connectivity index (χ0) is 27.3. The van der Waals surface area contributed by atoms with Crippen molar-refractivity contribution in [2.45, 2.75) is 59.2 Å². The zero-order valence-corrected chi connectivity index (χ0v) is 22.9. The second kappa shape index (κ2) is 11.8. The molecule has 0 saturated heterocycles. The topological polar surface area (TPSA) is 90.0 Å². The van der Waals surface area contributed by atoms with Crippen molar-refractivity contribution in [3.63, 3.8) is 0 Å². The molecule has 2 aromatic carbocycles. The summed E-state index contributed by atoms with van der Waals surface area (Å²) in [4.78, 5) is 28.3. The number of hydrogen-bond acceptors (Lipinski definition) is 4. The average Bonchev–Trinajstić information content (AvgIpc) is 2.76. The van der Waals surface area contributed by atoms with Crippen LogP contribution in [-0.4, -0.2) is 61.7 Å². The van der Waals surface area contributed by atoms with Gasteiger partial charge in [0.05, 0.1) is 5.69 Å². The van der Waals surface area contributed by atoms with E-state index in [2.05, 4.69) is 5.32 Å². The molecule has 2 amide bonds. The maximum Gasteiger partial charge on any atom is 0.304 e. The number of hydrogen-bond donors (Lipinski definition) is 1. The van der Waals surface area contributed by atoms with Gasteiger partial charge in [0, 0.05) is 26.2 Å². The summed E-state index contributed by atoms with van der Waals surface area (Å²) in [6.45, 7) is 8.64. The molecule has 0 bridgehead atoms. The number of aryl methyl sites for hydroxylation is 1. The summed E-state index contributed by atoms with van der Waals surface area (Å²) < 4.78 is 42.6. The SMILES string of the molecule is CC[C@@H](C(=O)NC(C)(C)C)N(Cc1cccc(C)c1)C(=O)CN(c1ccccc1F)S(=O)(=O)N(C)C. The number of benzene rings is 2. The minimum absolute atomic E-state index is 0.0870. The van der Waals surface area contributed by atoms with Crippen LogP contribution in [0.1, 0.15) is 45.2 Å². The largest absolute Gasteiger partial charge is 0.350 e. The number of halogens is 1. The van der Waals surface area contributed by atoms with Crippen molar-refractivity contribution in [3.8, 4) is 0 Å². The number of para-hydroxylation sites is 1. The third kappa shape index (κ3) is 7.51. The van der Waals surface area contributed by atoms with Crippen LogP contribution in [0, 0.1) is 12.7 Å². The Bertz CT molecular complexity index is 1180. The van der Waals surface area contributed by atoms with Crippen molar-refractivity contribution in [2.24, 2.45) is 0 Å². The number of amides is 2. The fourth-order valence-corrected chi connectivity index (χ4v) is 4.80. The van der Waals surface area contributed by atoms with Gasteiger partial charge >= 0.3 is 10.2 Å². The molecule has 0 aromatic heterocycles. The summed E-state index contributed by atoms with van der Waals surface area (Å²) in [6.07, 6.45) is 0.305. The molecule has 0 radical (unpaired) electrons. The molecule has 198 valence electrons. The Labute approximate surface area is 214 Å². The minimum atomic E-state index is -4.23. The predicted octanol–water partition coefficient (Wildman–Crippen LogP) is 3.47. The molecule has 0 spiro atoms. The Balaban J connectivity index is 2.54. The second-order valence-electron chi connectivity index (χ2n) is 9.92. The molecule has 0 aliphatic carbocycles. The lowest BCUT2D eigenvalue weighted by molar-refractivity contribution is -0.141. The van der Waals surface area contributed by atoms with Gasteiger partial charge in [-0.2, -0.15) is 12.7 Å². The molecule has 0 fully saturated rings. The van der Waals surface area contributed by atoms with Crippen molar-refractivity contribution >= 4 is 27.7 Å². The van der Waals surface area contributed by atoms with E-state index in [0.717, 1.165) is 25.8 Å². The zero-order valence-electron chi connectivity index (χ0n) is 22.1. The third-order valence-corrected chi connectivity index (χ3v) is 7.27. The highest BCUT2D eigenvalue weighted by Gasteiger charge is 2.35. The first-order valence-corrected chi connectivity index (χ1v) is 13.2. The smallest absolute Gasteiger partial charge is 0.304 e. The van der Waals surface area contributed by atoms with E-state index in [1.54, 1.807) is 6.92 Å². The standard InChI is InChI=1S/C26H37FN4O4S/c1-8-22(25(33)28-26(3,4)5)30(17-20-13-11-12-19(2)16-20)24(32)18-31(36(34,35)29(6)7)23-15-10-9-14-21(23)27/h9-16,22H,8,17-18H2,1-7H3,(H,28,33)/t22-/m0/s1. The Morgan fingerprint density at radius 2 is 1.69 bits per heavy atom. The number of carbonyl (C=O) groups is 2. The van der Waals surface area contributed by atoms with Crippen molar-refractivity contribution in [1.29, 1.82) is 0 Å². The van der Waals surface area contributed by atoms with Crippen LogP contribution in [0.5, 0.6) is 0 Å². The van der Waals surface area contributed by atoms with Crippen LogP contribution < -0.4 is 9.62 Å². The number of rotatable bonds is 10. The maximum atomic E-state index is 14.7. The Kier molecular flexibility index (Phi) is 9.62. The van der Waals surface area contributed by atoms with Crippen molar-refractivity contribution in [1.82, 2.24) is 14.5 Å². The lowest BCUT2D eigenvalue weighted by Gasteiger charge is -2.35. The van der Waals surface area contributed by atoms with E-state index in [1.807, 2.05) is 52.0 Å². The van der Waals surface area contributed by atoms with Gasteiger partial charge in [-0.3, -0.25) is 9.59 Å². The van der Waals surface area contributed by atoms with Gasteiger partial charge in [0.15, 0.2) is 0 Å².